The zero-order valence-electron chi connectivity index (χ0n) is 31.3. The Bertz CT molecular complexity index is 7420. The van der Waals surface area contributed by atoms with Gasteiger partial charge in [0.25, 0.3) is 5.56 Å². The number of rotatable bonds is 0. The Morgan fingerprint density at radius 2 is 0.270 bits per heavy atom. The van der Waals surface area contributed by atoms with Gasteiger partial charge in [0, 0.05) is 302 Å². The lowest BCUT2D eigenvalue weighted by Crippen LogP contribution is -2.08. The molecule has 3 heteroatoms. The number of benzene rings is 18. The molecule has 63 heavy (non-hydrogen) atoms. The second-order valence-corrected chi connectivity index (χ2v) is 22.5. The molecule has 258 valence electrons. The Labute approximate surface area is 336 Å². The van der Waals surface area contributed by atoms with E-state index in [0.29, 0.717) is 0 Å². The molecule has 0 fully saturated rings. The van der Waals surface area contributed by atoms with Crippen LogP contribution >= 0.6 is 0 Å². The first kappa shape index (κ1) is 22.4. The van der Waals surface area contributed by atoms with Crippen LogP contribution in [0.2, 0.25) is 0 Å². The van der Waals surface area contributed by atoms with Crippen molar-refractivity contribution in [3.8, 4) is 0 Å². The van der Waals surface area contributed by atoms with Gasteiger partial charge in [-0.05, 0) is 0 Å². The number of hydrogen-bond donors (Lipinski definition) is 1. The van der Waals surface area contributed by atoms with Crippen LogP contribution in [0.25, 0.3) is 313 Å². The van der Waals surface area contributed by atoms with Crippen molar-refractivity contribution in [1.29, 1.82) is 0 Å². The molecule has 0 spiro atoms. The van der Waals surface area contributed by atoms with E-state index in [9.17, 15) is 0 Å². The van der Waals surface area contributed by atoms with Crippen LogP contribution in [0.15, 0.2) is 9.59 Å². The van der Waals surface area contributed by atoms with Gasteiger partial charge in [-0.3, -0.25) is 9.59 Å². The Hall–Kier alpha value is -8.40. The molecule has 1 N–H and O–H groups in total. The Morgan fingerprint density at radius 1 is 0.143 bits per heavy atom. The number of hydrogen-bond acceptors (Lipinski definition) is 2. The minimum absolute atomic E-state index is 0.0162. The van der Waals surface area contributed by atoms with Crippen LogP contribution in [0, 0.1) is 0 Å². The van der Waals surface area contributed by atoms with E-state index in [4.69, 9.17) is 0 Å². The molecule has 30 rings (SSSR count). The topological polar surface area (TPSA) is 49.9 Å². The van der Waals surface area contributed by atoms with Crippen LogP contribution in [0.5, 0.6) is 0 Å². The van der Waals surface area contributed by atoms with Gasteiger partial charge in [-0.2, -0.15) is 0 Å². The molecule has 0 saturated carbocycles. The standard InChI is InChI=1S/C60HNO2/c62-59-55-47-38-28-18-10-3-1-2-4-6-5(3)14-21(18)32(38)40-33-22(14)15(6)24-20-13(4)16-8(2)12-9-7(1)11(10)19-23-17(9)26-25(12)30-27(16)36-31(20)43-35(24)41(33)50(49(40)55)57-52(43)54-46(36)44(30)45-37(26)42-34(23)39(29(19)28)48(47)56(59)51(42)53(45)58(54)61-60(57)63/h(H,61,63). The summed E-state index contributed by atoms with van der Waals surface area (Å²) in [6.45, 7) is 0. The van der Waals surface area contributed by atoms with Crippen LogP contribution in [-0.4, -0.2) is 4.98 Å². The second-order valence-electron chi connectivity index (χ2n) is 22.5. The summed E-state index contributed by atoms with van der Waals surface area (Å²) in [6, 6.07) is 0. The predicted molar refractivity (Wildman–Crippen MR) is 268 cm³/mol. The molecule has 0 aliphatic carbocycles. The van der Waals surface area contributed by atoms with Gasteiger partial charge >= 0.3 is 0 Å². The number of pyridine rings is 1. The van der Waals surface area contributed by atoms with E-state index in [1.807, 2.05) is 0 Å². The van der Waals surface area contributed by atoms with Gasteiger partial charge in [0.15, 0.2) is 5.43 Å². The summed E-state index contributed by atoms with van der Waals surface area (Å²) < 4.78 is 0. The van der Waals surface area contributed by atoms with Gasteiger partial charge in [-0.25, -0.2) is 0 Å². The summed E-state index contributed by atoms with van der Waals surface area (Å²) >= 11 is 0. The summed E-state index contributed by atoms with van der Waals surface area (Å²) in [5, 5.41) is 78.9. The highest BCUT2D eigenvalue weighted by molar-refractivity contribution is 6.83. The molecular weight excluding hydrogens is 767 g/mol. The van der Waals surface area contributed by atoms with Crippen LogP contribution < -0.4 is 11.0 Å². The van der Waals surface area contributed by atoms with E-state index in [1.165, 1.54) is 248 Å². The normalized spacial score (nSPS) is 17.3. The quantitative estimate of drug-likeness (QED) is 0.123. The zero-order valence-corrected chi connectivity index (χ0v) is 31.3. The van der Waals surface area contributed by atoms with Crippen molar-refractivity contribution in [3.05, 3.63) is 20.6 Å². The highest BCUT2D eigenvalue weighted by Gasteiger charge is 2.50. The molecule has 29 aromatic carbocycles. The summed E-state index contributed by atoms with van der Waals surface area (Å²) in [6.07, 6.45) is 0. The van der Waals surface area contributed by atoms with E-state index >= 15 is 9.59 Å². The van der Waals surface area contributed by atoms with Crippen molar-refractivity contribution in [3.63, 3.8) is 0 Å². The maximum atomic E-state index is 16.7. The van der Waals surface area contributed by atoms with E-state index in [1.54, 1.807) is 21.5 Å². The fourth-order valence-electron chi connectivity index (χ4n) is 21.9. The van der Waals surface area contributed by atoms with Crippen LogP contribution in [0.3, 0.4) is 0 Å². The first-order valence-electron chi connectivity index (χ1n) is 22.9. The molecule has 0 bridgehead atoms. The molecule has 30 aromatic rings. The van der Waals surface area contributed by atoms with Gasteiger partial charge in [0.1, 0.15) is 0 Å². The van der Waals surface area contributed by atoms with E-state index in [-0.39, 0.29) is 11.0 Å². The van der Waals surface area contributed by atoms with Gasteiger partial charge in [-0.15, -0.1) is 0 Å². The average Bonchev–Trinajstić information content (AvgIpc) is 4.14. The molecule has 0 unspecified atom stereocenters. The Morgan fingerprint density at radius 3 is 0.476 bits per heavy atom. The molecule has 1 aromatic heterocycles. The number of nitrogens with one attached hydrogen (secondary N) is 1. The van der Waals surface area contributed by atoms with Gasteiger partial charge < -0.3 is 4.98 Å². The Kier molecular flexibility index (Phi) is 1.77. The minimum Gasteiger partial charge on any atom is -0.321 e. The summed E-state index contributed by atoms with van der Waals surface area (Å²) in [4.78, 5) is 36.4. The number of H-pyrrole nitrogens is 1. The van der Waals surface area contributed by atoms with Gasteiger partial charge in [-0.1, -0.05) is 0 Å². The second kappa shape index (κ2) is 4.98. The van der Waals surface area contributed by atoms with Crippen LogP contribution in [0.4, 0.5) is 0 Å². The highest BCUT2D eigenvalue weighted by atomic mass is 16.1. The van der Waals surface area contributed by atoms with Crippen molar-refractivity contribution in [2.75, 3.05) is 0 Å². The largest absolute Gasteiger partial charge is 0.321 e. The summed E-state index contributed by atoms with van der Waals surface area (Å²) in [5.41, 5.74) is 1.19. The maximum Gasteiger partial charge on any atom is 0.257 e. The number of fused-ring (bicyclic) bond motifs is 6. The molecule has 0 aliphatic heterocycles. The van der Waals surface area contributed by atoms with Crippen LogP contribution in [-0.2, 0) is 0 Å². The van der Waals surface area contributed by atoms with E-state index in [0.717, 1.165) is 43.2 Å². The molecular formula is C60HNO2. The molecule has 0 radical (unpaired) electrons. The molecule has 0 aliphatic rings. The van der Waals surface area contributed by atoms with Gasteiger partial charge in [0.05, 0.1) is 10.9 Å². The fourth-order valence-corrected chi connectivity index (χ4v) is 21.9. The average molecular weight is 768 g/mol. The molecule has 3 nitrogen and oxygen atoms in total. The third-order valence-electron chi connectivity index (χ3n) is 22.2. The SMILES string of the molecule is O=c1[nH]c2c3c4c5c(=O)c6c7c8c1c1c2c2c9c3c3c4c4c%10c5c6c5c6c7c7c8c8c1c1c2c2c9c9c3c3c4c4c%10c5c5c6c6c7c7c8c1c1c2c2c9c3c3c4c5c4c6c7c1c2c34. The number of aromatic nitrogens is 1. The summed E-state index contributed by atoms with van der Waals surface area (Å²) in [7, 11) is 0. The van der Waals surface area contributed by atoms with Gasteiger partial charge in [0.2, 0.25) is 0 Å². The highest BCUT2D eigenvalue weighted by Crippen LogP contribution is 2.78. The van der Waals surface area contributed by atoms with Crippen molar-refractivity contribution >= 4 is 313 Å². The smallest absolute Gasteiger partial charge is 0.257 e. The van der Waals surface area contributed by atoms with E-state index < -0.39 is 0 Å². The minimum atomic E-state index is 0.0162. The molecule has 0 saturated heterocycles. The first-order valence-corrected chi connectivity index (χ1v) is 22.9. The number of aromatic amines is 1. The molecule has 1 heterocycles. The lowest BCUT2D eigenvalue weighted by Gasteiger charge is -2.17. The van der Waals surface area contributed by atoms with Crippen molar-refractivity contribution in [2.24, 2.45) is 0 Å². The van der Waals surface area contributed by atoms with Crippen LogP contribution in [0.1, 0.15) is 0 Å². The fraction of sp³-hybridized carbons (Fsp3) is 0. The lowest BCUT2D eigenvalue weighted by molar-refractivity contribution is 1.37. The third kappa shape index (κ3) is 1.18. The van der Waals surface area contributed by atoms with Crippen molar-refractivity contribution in [2.45, 2.75) is 0 Å². The Balaban J connectivity index is 1.36. The predicted octanol–water partition coefficient (Wildman–Crippen LogP) is 15.7. The first-order chi connectivity index (χ1) is 31.3. The summed E-state index contributed by atoms with van der Waals surface area (Å²) in [5.74, 6) is 0. The zero-order chi connectivity index (χ0) is 37.3. The third-order valence-corrected chi connectivity index (χ3v) is 22.2. The van der Waals surface area contributed by atoms with E-state index in [2.05, 4.69) is 4.98 Å². The lowest BCUT2D eigenvalue weighted by atomic mass is 9.85. The molecule has 0 amide bonds. The molecule has 0 atom stereocenters. The van der Waals surface area contributed by atoms with Crippen molar-refractivity contribution in [1.82, 2.24) is 4.98 Å². The monoisotopic (exact) mass is 767 g/mol. The van der Waals surface area contributed by atoms with Crippen molar-refractivity contribution < 1.29 is 0 Å². The maximum absolute atomic E-state index is 16.7.